The van der Waals surface area contributed by atoms with Crippen molar-refractivity contribution in [2.24, 2.45) is 0 Å². The molecule has 3 heterocycles. The summed E-state index contributed by atoms with van der Waals surface area (Å²) in [6.45, 7) is 5.37. The maximum Gasteiger partial charge on any atom is 0.0705 e. The number of H-pyrrole nitrogens is 1. The molecule has 1 aliphatic heterocycles. The lowest BCUT2D eigenvalue weighted by Gasteiger charge is -2.32. The van der Waals surface area contributed by atoms with Gasteiger partial charge in [0.15, 0.2) is 0 Å². The third-order valence-corrected chi connectivity index (χ3v) is 6.23. The van der Waals surface area contributed by atoms with Gasteiger partial charge in [-0.15, -0.1) is 0 Å². The zero-order valence-corrected chi connectivity index (χ0v) is 16.8. The van der Waals surface area contributed by atoms with Crippen LogP contribution in [0.25, 0.3) is 22.0 Å². The fraction of sp³-hybridized carbons (Fsp3) is 0.280. The van der Waals surface area contributed by atoms with Crippen LogP contribution in [-0.2, 0) is 6.54 Å². The minimum atomic E-state index is 0.539. The van der Waals surface area contributed by atoms with Gasteiger partial charge >= 0.3 is 0 Å². The molecule has 2 aromatic carbocycles. The van der Waals surface area contributed by atoms with Crippen molar-refractivity contribution in [3.05, 3.63) is 83.8 Å². The van der Waals surface area contributed by atoms with Gasteiger partial charge in [-0.05, 0) is 61.7 Å². The highest BCUT2D eigenvalue weighted by Crippen LogP contribution is 2.35. The molecule has 0 atom stereocenters. The molecule has 1 aliphatic rings. The monoisotopic (exact) mass is 382 g/mol. The molecule has 0 amide bonds. The van der Waals surface area contributed by atoms with Crippen LogP contribution in [0.3, 0.4) is 0 Å². The Morgan fingerprint density at radius 1 is 0.966 bits per heavy atom. The Labute approximate surface area is 171 Å². The largest absolute Gasteiger partial charge is 0.299 e. The van der Waals surface area contributed by atoms with Gasteiger partial charge < -0.3 is 0 Å². The summed E-state index contributed by atoms with van der Waals surface area (Å²) in [6, 6.07) is 19.3. The molecule has 146 valence electrons. The number of likely N-dealkylation sites (tertiary alicyclic amines) is 1. The molecule has 1 fully saturated rings. The van der Waals surface area contributed by atoms with Gasteiger partial charge in [-0.25, -0.2) is 0 Å². The van der Waals surface area contributed by atoms with E-state index in [1.54, 1.807) is 0 Å². The van der Waals surface area contributed by atoms with Crippen molar-refractivity contribution in [2.75, 3.05) is 13.1 Å². The number of aromatic amines is 1. The summed E-state index contributed by atoms with van der Waals surface area (Å²) in [5.41, 5.74) is 7.62. The minimum Gasteiger partial charge on any atom is -0.299 e. The first kappa shape index (κ1) is 18.1. The summed E-state index contributed by atoms with van der Waals surface area (Å²) in [6.07, 6.45) is 6.18. The SMILES string of the molecule is Cc1ccccc1-c1cn[nH]c1C1CCN(Cc2cccc3ncccc23)CC1. The Morgan fingerprint density at radius 2 is 1.83 bits per heavy atom. The number of nitrogens with zero attached hydrogens (tertiary/aromatic N) is 3. The number of fused-ring (bicyclic) bond motifs is 1. The molecular weight excluding hydrogens is 356 g/mol. The second-order valence-electron chi connectivity index (χ2n) is 8.05. The maximum atomic E-state index is 4.50. The van der Waals surface area contributed by atoms with E-state index in [9.17, 15) is 0 Å². The first-order valence-corrected chi connectivity index (χ1v) is 10.4. The first-order chi connectivity index (χ1) is 14.3. The smallest absolute Gasteiger partial charge is 0.0705 e. The Hall–Kier alpha value is -2.98. The molecule has 0 spiro atoms. The van der Waals surface area contributed by atoms with Crippen LogP contribution in [0, 0.1) is 6.92 Å². The van der Waals surface area contributed by atoms with E-state index in [0.29, 0.717) is 5.92 Å². The molecule has 5 rings (SSSR count). The molecule has 1 saturated heterocycles. The fourth-order valence-corrected chi connectivity index (χ4v) is 4.62. The van der Waals surface area contributed by atoms with E-state index < -0.39 is 0 Å². The van der Waals surface area contributed by atoms with E-state index >= 15 is 0 Å². The second-order valence-corrected chi connectivity index (χ2v) is 8.05. The second kappa shape index (κ2) is 7.80. The molecule has 4 heteroatoms. The number of aryl methyl sites for hydroxylation is 1. The quantitative estimate of drug-likeness (QED) is 0.520. The van der Waals surface area contributed by atoms with E-state index in [1.165, 1.54) is 33.3 Å². The van der Waals surface area contributed by atoms with E-state index in [4.69, 9.17) is 0 Å². The standard InChI is InChI=1S/C25H26N4/c1-18-6-2-3-8-21(18)23-16-27-28-25(23)19-11-14-29(15-12-19)17-20-7-4-10-24-22(20)9-5-13-26-24/h2-10,13,16,19H,11-12,14-15,17H2,1H3,(H,27,28). The lowest BCUT2D eigenvalue weighted by molar-refractivity contribution is 0.204. The molecule has 1 N–H and O–H groups in total. The lowest BCUT2D eigenvalue weighted by atomic mass is 9.88. The summed E-state index contributed by atoms with van der Waals surface area (Å²) in [7, 11) is 0. The number of hydrogen-bond donors (Lipinski definition) is 1. The number of rotatable bonds is 4. The normalized spacial score (nSPS) is 15.8. The molecule has 4 nitrogen and oxygen atoms in total. The Bertz CT molecular complexity index is 1120. The van der Waals surface area contributed by atoms with Gasteiger partial charge in [0, 0.05) is 35.3 Å². The van der Waals surface area contributed by atoms with Gasteiger partial charge in [0.2, 0.25) is 0 Å². The van der Waals surface area contributed by atoms with Crippen molar-refractivity contribution in [2.45, 2.75) is 32.2 Å². The zero-order chi connectivity index (χ0) is 19.6. The molecule has 0 bridgehead atoms. The first-order valence-electron chi connectivity index (χ1n) is 10.4. The third kappa shape index (κ3) is 3.56. The fourth-order valence-electron chi connectivity index (χ4n) is 4.62. The van der Waals surface area contributed by atoms with Crippen LogP contribution in [0.5, 0.6) is 0 Å². The average molecular weight is 383 g/mol. The van der Waals surface area contributed by atoms with Crippen LogP contribution >= 0.6 is 0 Å². The van der Waals surface area contributed by atoms with Gasteiger partial charge in [0.05, 0.1) is 11.7 Å². The molecule has 4 aromatic rings. The van der Waals surface area contributed by atoms with Gasteiger partial charge in [0.25, 0.3) is 0 Å². The van der Waals surface area contributed by atoms with Gasteiger partial charge in [-0.3, -0.25) is 15.0 Å². The Kier molecular flexibility index (Phi) is 4.86. The summed E-state index contributed by atoms with van der Waals surface area (Å²) >= 11 is 0. The maximum absolute atomic E-state index is 4.50. The van der Waals surface area contributed by atoms with E-state index in [-0.39, 0.29) is 0 Å². The topological polar surface area (TPSA) is 44.8 Å². The Morgan fingerprint density at radius 3 is 2.69 bits per heavy atom. The van der Waals surface area contributed by atoms with Crippen molar-refractivity contribution in [3.63, 3.8) is 0 Å². The van der Waals surface area contributed by atoms with Gasteiger partial charge in [-0.1, -0.05) is 42.5 Å². The van der Waals surface area contributed by atoms with E-state index in [1.807, 2.05) is 18.5 Å². The van der Waals surface area contributed by atoms with E-state index in [0.717, 1.165) is 38.0 Å². The van der Waals surface area contributed by atoms with Crippen LogP contribution in [0.1, 0.15) is 35.6 Å². The number of pyridine rings is 1. The number of benzene rings is 2. The summed E-state index contributed by atoms with van der Waals surface area (Å²) in [5, 5.41) is 8.97. The van der Waals surface area contributed by atoms with Crippen LogP contribution < -0.4 is 0 Å². The molecule has 29 heavy (non-hydrogen) atoms. The van der Waals surface area contributed by atoms with Crippen LogP contribution in [0.2, 0.25) is 0 Å². The number of nitrogens with one attached hydrogen (secondary N) is 1. The molecule has 0 unspecified atom stereocenters. The van der Waals surface area contributed by atoms with Gasteiger partial charge in [0.1, 0.15) is 0 Å². The highest BCUT2D eigenvalue weighted by Gasteiger charge is 2.25. The highest BCUT2D eigenvalue weighted by atomic mass is 15.1. The predicted molar refractivity (Wildman–Crippen MR) is 118 cm³/mol. The van der Waals surface area contributed by atoms with E-state index in [2.05, 4.69) is 75.5 Å². The average Bonchev–Trinajstić information content (AvgIpc) is 3.24. The van der Waals surface area contributed by atoms with Crippen molar-refractivity contribution in [1.82, 2.24) is 20.1 Å². The van der Waals surface area contributed by atoms with Crippen molar-refractivity contribution >= 4 is 10.9 Å². The summed E-state index contributed by atoms with van der Waals surface area (Å²) in [5.74, 6) is 0.539. The Balaban J connectivity index is 1.31. The van der Waals surface area contributed by atoms with Crippen LogP contribution in [-0.4, -0.2) is 33.2 Å². The van der Waals surface area contributed by atoms with Crippen LogP contribution in [0.4, 0.5) is 0 Å². The molecular formula is C25H26N4. The molecule has 2 aromatic heterocycles. The van der Waals surface area contributed by atoms with Crippen molar-refractivity contribution in [3.8, 4) is 11.1 Å². The summed E-state index contributed by atoms with van der Waals surface area (Å²) in [4.78, 5) is 7.07. The summed E-state index contributed by atoms with van der Waals surface area (Å²) < 4.78 is 0. The predicted octanol–water partition coefficient (Wildman–Crippen LogP) is 5.31. The van der Waals surface area contributed by atoms with Crippen molar-refractivity contribution < 1.29 is 0 Å². The lowest BCUT2D eigenvalue weighted by Crippen LogP contribution is -2.32. The number of hydrogen-bond acceptors (Lipinski definition) is 3. The molecule has 0 radical (unpaired) electrons. The third-order valence-electron chi connectivity index (χ3n) is 6.23. The minimum absolute atomic E-state index is 0.539. The highest BCUT2D eigenvalue weighted by molar-refractivity contribution is 5.81. The number of aromatic nitrogens is 3. The van der Waals surface area contributed by atoms with Crippen molar-refractivity contribution in [1.29, 1.82) is 0 Å². The molecule has 0 aliphatic carbocycles. The van der Waals surface area contributed by atoms with Gasteiger partial charge in [-0.2, -0.15) is 5.10 Å². The zero-order valence-electron chi connectivity index (χ0n) is 16.8. The van der Waals surface area contributed by atoms with Crippen LogP contribution in [0.15, 0.2) is 67.0 Å². The molecule has 0 saturated carbocycles. The number of piperidine rings is 1.